The van der Waals surface area contributed by atoms with Gasteiger partial charge in [-0.2, -0.15) is 0 Å². The Morgan fingerprint density at radius 2 is 1.54 bits per heavy atom. The smallest absolute Gasteiger partial charge is 0.238 e. The Balaban J connectivity index is 3.12. The summed E-state index contributed by atoms with van der Waals surface area (Å²) in [4.78, 5) is 12.4. The van der Waals surface area contributed by atoms with Crippen molar-refractivity contribution in [3.8, 4) is 0 Å². The van der Waals surface area contributed by atoms with Crippen LogP contribution in [-0.4, -0.2) is 25.1 Å². The highest BCUT2D eigenvalue weighted by atomic mass is 32.2. The molecule has 26 heavy (non-hydrogen) atoms. The molecule has 1 aromatic carbocycles. The maximum Gasteiger partial charge on any atom is 0.238 e. The number of aryl methyl sites for hydroxylation is 2. The van der Waals surface area contributed by atoms with Gasteiger partial charge >= 0.3 is 0 Å². The van der Waals surface area contributed by atoms with Crippen LogP contribution in [0.4, 0.5) is 0 Å². The lowest BCUT2D eigenvalue weighted by atomic mass is 9.84. The summed E-state index contributed by atoms with van der Waals surface area (Å²) in [6.07, 6.45) is 0.734. The Morgan fingerprint density at radius 1 is 1.08 bits per heavy atom. The summed E-state index contributed by atoms with van der Waals surface area (Å²) < 4.78 is 25.7. The zero-order valence-electron chi connectivity index (χ0n) is 17.8. The summed E-state index contributed by atoms with van der Waals surface area (Å²) in [6.45, 7) is 17.5. The fraction of sp³-hybridized carbons (Fsp3) is 0.667. The Bertz CT molecular complexity index is 748. The molecule has 0 radical (unpaired) electrons. The summed E-state index contributed by atoms with van der Waals surface area (Å²) in [5.41, 5.74) is 3.49. The van der Waals surface area contributed by atoms with E-state index < -0.39 is 26.5 Å². The van der Waals surface area contributed by atoms with Gasteiger partial charge in [0, 0.05) is 5.54 Å². The minimum absolute atomic E-state index is 0.00579. The van der Waals surface area contributed by atoms with E-state index in [1.807, 2.05) is 34.6 Å². The van der Waals surface area contributed by atoms with E-state index in [9.17, 15) is 13.2 Å². The number of rotatable bonds is 6. The van der Waals surface area contributed by atoms with Crippen LogP contribution in [-0.2, 0) is 25.8 Å². The molecule has 0 fully saturated rings. The molecule has 0 aliphatic carbocycles. The first kappa shape index (κ1) is 22.7. The van der Waals surface area contributed by atoms with Gasteiger partial charge in [-0.25, -0.2) is 8.42 Å². The number of nitrogens with one attached hydrogen (secondary N) is 1. The van der Waals surface area contributed by atoms with Gasteiger partial charge in [-0.3, -0.25) is 4.79 Å². The molecule has 5 heteroatoms. The molecule has 1 unspecified atom stereocenters. The van der Waals surface area contributed by atoms with E-state index in [4.69, 9.17) is 0 Å². The third-order valence-corrected chi connectivity index (χ3v) is 7.14. The lowest BCUT2D eigenvalue weighted by Gasteiger charge is -2.27. The molecule has 0 saturated carbocycles. The number of hydrogen-bond acceptors (Lipinski definition) is 3. The molecular weight excluding hydrogens is 346 g/mol. The summed E-state index contributed by atoms with van der Waals surface area (Å²) in [5, 5.41) is 1.76. The van der Waals surface area contributed by atoms with Crippen molar-refractivity contribution in [3.63, 3.8) is 0 Å². The molecule has 1 N–H and O–H groups in total. The second-order valence-electron chi connectivity index (χ2n) is 9.01. The van der Waals surface area contributed by atoms with Crippen LogP contribution in [0.25, 0.3) is 0 Å². The molecule has 4 nitrogen and oxygen atoms in total. The third kappa shape index (κ3) is 5.57. The third-order valence-electron chi connectivity index (χ3n) is 5.16. The van der Waals surface area contributed by atoms with Gasteiger partial charge in [0.25, 0.3) is 0 Å². The van der Waals surface area contributed by atoms with Crippen LogP contribution in [0, 0.1) is 13.8 Å². The molecule has 0 aliphatic heterocycles. The average molecular weight is 382 g/mol. The molecule has 0 heterocycles. The number of amides is 1. The fourth-order valence-electron chi connectivity index (χ4n) is 2.67. The first-order valence-corrected chi connectivity index (χ1v) is 11.0. The summed E-state index contributed by atoms with van der Waals surface area (Å²) >= 11 is 0. The van der Waals surface area contributed by atoms with Gasteiger partial charge in [0.2, 0.25) is 5.91 Å². The monoisotopic (exact) mass is 381 g/mol. The van der Waals surface area contributed by atoms with Crippen LogP contribution in [0.5, 0.6) is 0 Å². The molecule has 1 atom stereocenters. The highest BCUT2D eigenvalue weighted by Crippen LogP contribution is 2.28. The normalized spacial score (nSPS) is 14.2. The van der Waals surface area contributed by atoms with E-state index in [0.717, 1.165) is 23.1 Å². The number of hydrogen-bond donors (Lipinski definition) is 1. The molecule has 0 bridgehead atoms. The summed E-state index contributed by atoms with van der Waals surface area (Å²) in [5.74, 6) is -0.547. The van der Waals surface area contributed by atoms with E-state index in [2.05, 4.69) is 38.2 Å². The molecule has 1 amide bonds. The first-order valence-electron chi connectivity index (χ1n) is 9.25. The van der Waals surface area contributed by atoms with Gasteiger partial charge < -0.3 is 5.32 Å². The van der Waals surface area contributed by atoms with Gasteiger partial charge in [-0.05, 0) is 68.7 Å². The minimum Gasteiger partial charge on any atom is -0.350 e. The first-order chi connectivity index (χ1) is 11.6. The van der Waals surface area contributed by atoms with Gasteiger partial charge in [-0.1, -0.05) is 39.8 Å². The lowest BCUT2D eigenvalue weighted by Crippen LogP contribution is -2.48. The number of carbonyl (C=O) groups is 1. The molecular formula is C21H35NO3S. The quantitative estimate of drug-likeness (QED) is 0.803. The standard InChI is InChI=1S/C21H35NO3S/c1-10-21(8,9)22-19(23)16(4)26(24,25)13-18-14(2)11-17(12-15(18)3)20(5,6)7/h11-12,16H,10,13H2,1-9H3,(H,22,23). The Labute approximate surface area is 159 Å². The molecule has 0 saturated heterocycles. The second kappa shape index (κ2) is 7.71. The van der Waals surface area contributed by atoms with Crippen LogP contribution < -0.4 is 5.32 Å². The number of carbonyl (C=O) groups excluding carboxylic acids is 1. The maximum absolute atomic E-state index is 12.8. The number of benzene rings is 1. The van der Waals surface area contributed by atoms with Crippen molar-refractivity contribution in [2.24, 2.45) is 0 Å². The highest BCUT2D eigenvalue weighted by molar-refractivity contribution is 7.92. The van der Waals surface area contributed by atoms with Crippen LogP contribution in [0.15, 0.2) is 12.1 Å². The van der Waals surface area contributed by atoms with E-state index in [1.165, 1.54) is 12.5 Å². The molecule has 1 aromatic rings. The predicted octanol–water partition coefficient (Wildman–Crippen LogP) is 4.21. The van der Waals surface area contributed by atoms with Crippen LogP contribution in [0.2, 0.25) is 0 Å². The van der Waals surface area contributed by atoms with Crippen molar-refractivity contribution in [3.05, 3.63) is 34.4 Å². The molecule has 148 valence electrons. The van der Waals surface area contributed by atoms with Crippen LogP contribution in [0.1, 0.15) is 77.1 Å². The number of sulfone groups is 1. The molecule has 0 aliphatic rings. The average Bonchev–Trinajstić information content (AvgIpc) is 2.48. The molecule has 0 aromatic heterocycles. The second-order valence-corrected chi connectivity index (χ2v) is 11.3. The topological polar surface area (TPSA) is 63.2 Å². The van der Waals surface area contributed by atoms with E-state index in [0.29, 0.717) is 0 Å². The van der Waals surface area contributed by atoms with Crippen molar-refractivity contribution >= 4 is 15.7 Å². The minimum atomic E-state index is -3.60. The van der Waals surface area contributed by atoms with Crippen molar-refractivity contribution in [1.29, 1.82) is 0 Å². The Morgan fingerprint density at radius 3 is 1.92 bits per heavy atom. The van der Waals surface area contributed by atoms with E-state index >= 15 is 0 Å². The van der Waals surface area contributed by atoms with Crippen LogP contribution in [0.3, 0.4) is 0 Å². The zero-order valence-corrected chi connectivity index (χ0v) is 18.6. The van der Waals surface area contributed by atoms with Gasteiger partial charge in [-0.15, -0.1) is 0 Å². The highest BCUT2D eigenvalue weighted by Gasteiger charge is 2.32. The van der Waals surface area contributed by atoms with Gasteiger partial charge in [0.1, 0.15) is 5.25 Å². The summed E-state index contributed by atoms with van der Waals surface area (Å²) in [6, 6.07) is 4.12. The van der Waals surface area contributed by atoms with Crippen LogP contribution >= 0.6 is 0 Å². The summed E-state index contributed by atoms with van der Waals surface area (Å²) in [7, 11) is -3.60. The van der Waals surface area contributed by atoms with Crippen molar-refractivity contribution in [2.75, 3.05) is 0 Å². The largest absolute Gasteiger partial charge is 0.350 e. The van der Waals surface area contributed by atoms with Crippen molar-refractivity contribution < 1.29 is 13.2 Å². The Hall–Kier alpha value is -1.36. The van der Waals surface area contributed by atoms with E-state index in [1.54, 1.807) is 0 Å². The predicted molar refractivity (Wildman–Crippen MR) is 109 cm³/mol. The molecule has 1 rings (SSSR count). The lowest BCUT2D eigenvalue weighted by molar-refractivity contribution is -0.122. The maximum atomic E-state index is 12.8. The SMILES string of the molecule is CCC(C)(C)NC(=O)C(C)S(=O)(=O)Cc1c(C)cc(C(C)(C)C)cc1C. The zero-order chi connectivity index (χ0) is 20.5. The van der Waals surface area contributed by atoms with Crippen molar-refractivity contribution in [1.82, 2.24) is 5.32 Å². The van der Waals surface area contributed by atoms with E-state index in [-0.39, 0.29) is 11.2 Å². The fourth-order valence-corrected chi connectivity index (χ4v) is 4.16. The molecule has 0 spiro atoms. The van der Waals surface area contributed by atoms with Gasteiger partial charge in [0.15, 0.2) is 9.84 Å². The van der Waals surface area contributed by atoms with Gasteiger partial charge in [0.05, 0.1) is 5.75 Å². The van der Waals surface area contributed by atoms with Crippen molar-refractivity contribution in [2.45, 2.75) is 90.7 Å². The Kier molecular flexibility index (Phi) is 6.73.